The normalized spacial score (nSPS) is 11.8. The van der Waals surface area contributed by atoms with Crippen LogP contribution in [0.1, 0.15) is 24.3 Å². The van der Waals surface area contributed by atoms with E-state index >= 15 is 0 Å². The lowest BCUT2D eigenvalue weighted by Crippen LogP contribution is -2.17. The summed E-state index contributed by atoms with van der Waals surface area (Å²) in [5.41, 5.74) is 2.39. The molecule has 1 unspecified atom stereocenters. The highest BCUT2D eigenvalue weighted by molar-refractivity contribution is 6.31. The van der Waals surface area contributed by atoms with Crippen LogP contribution in [0.3, 0.4) is 0 Å². The second-order valence-electron chi connectivity index (χ2n) is 5.68. The van der Waals surface area contributed by atoms with Gasteiger partial charge in [0.15, 0.2) is 5.76 Å². The molecule has 0 radical (unpaired) electrons. The van der Waals surface area contributed by atoms with Crippen molar-refractivity contribution in [2.45, 2.75) is 20.0 Å². The molecular formula is C19H16Cl2N2O3. The minimum atomic E-state index is -0.632. The van der Waals surface area contributed by atoms with E-state index in [1.165, 1.54) is 0 Å². The first-order valence-electron chi connectivity index (χ1n) is 7.90. The summed E-state index contributed by atoms with van der Waals surface area (Å²) >= 11 is 12.2. The highest BCUT2D eigenvalue weighted by Gasteiger charge is 2.20. The van der Waals surface area contributed by atoms with E-state index in [-0.39, 0.29) is 0 Å². The first-order valence-corrected chi connectivity index (χ1v) is 8.65. The number of hydrogen-bond donors (Lipinski definition) is 1. The first kappa shape index (κ1) is 18.3. The van der Waals surface area contributed by atoms with Gasteiger partial charge in [-0.2, -0.15) is 0 Å². The van der Waals surface area contributed by atoms with Crippen LogP contribution in [-0.2, 0) is 4.74 Å². The zero-order valence-electron chi connectivity index (χ0n) is 14.1. The Balaban J connectivity index is 1.78. The maximum Gasteiger partial charge on any atom is 0.412 e. The maximum absolute atomic E-state index is 12.3. The van der Waals surface area contributed by atoms with E-state index in [2.05, 4.69) is 10.5 Å². The molecule has 0 aliphatic carbocycles. The molecule has 1 heterocycles. The van der Waals surface area contributed by atoms with Gasteiger partial charge < -0.3 is 9.26 Å². The van der Waals surface area contributed by atoms with E-state index in [0.717, 1.165) is 5.56 Å². The fraction of sp³-hybridized carbons (Fsp3) is 0.158. The third-order valence-corrected chi connectivity index (χ3v) is 4.38. The monoisotopic (exact) mass is 390 g/mol. The predicted molar refractivity (Wildman–Crippen MR) is 102 cm³/mol. The smallest absolute Gasteiger partial charge is 0.412 e. The zero-order chi connectivity index (χ0) is 18.7. The number of hydrogen-bond acceptors (Lipinski definition) is 4. The molecule has 0 fully saturated rings. The molecule has 7 heteroatoms. The lowest BCUT2D eigenvalue weighted by molar-refractivity contribution is 0.121. The van der Waals surface area contributed by atoms with Crippen LogP contribution in [-0.4, -0.2) is 11.2 Å². The molecule has 0 saturated carbocycles. The van der Waals surface area contributed by atoms with Gasteiger partial charge in [0.25, 0.3) is 0 Å². The Morgan fingerprint density at radius 1 is 1.19 bits per heavy atom. The number of halogens is 2. The Morgan fingerprint density at radius 3 is 2.69 bits per heavy atom. The predicted octanol–water partition coefficient (Wildman–Crippen LogP) is 6.27. The van der Waals surface area contributed by atoms with Gasteiger partial charge in [0.1, 0.15) is 17.5 Å². The largest absolute Gasteiger partial charge is 0.441 e. The number of carbonyl (C=O) groups is 1. The highest BCUT2D eigenvalue weighted by Crippen LogP contribution is 2.33. The van der Waals surface area contributed by atoms with E-state index in [1.54, 1.807) is 38.1 Å². The maximum atomic E-state index is 12.3. The van der Waals surface area contributed by atoms with Crippen LogP contribution < -0.4 is 5.32 Å². The highest BCUT2D eigenvalue weighted by atomic mass is 35.5. The summed E-state index contributed by atoms with van der Waals surface area (Å²) in [6, 6.07) is 14.3. The fourth-order valence-electron chi connectivity index (χ4n) is 2.50. The molecule has 2 aromatic carbocycles. The van der Waals surface area contributed by atoms with Crippen LogP contribution in [0.4, 0.5) is 10.5 Å². The first-order chi connectivity index (χ1) is 12.5. The van der Waals surface area contributed by atoms with Crippen molar-refractivity contribution in [3.05, 3.63) is 69.8 Å². The summed E-state index contributed by atoms with van der Waals surface area (Å²) in [5, 5.41) is 7.70. The zero-order valence-corrected chi connectivity index (χ0v) is 15.6. The number of anilines is 1. The fourth-order valence-corrected chi connectivity index (χ4v) is 2.98. The Labute approximate surface area is 160 Å². The molecule has 0 spiro atoms. The van der Waals surface area contributed by atoms with Gasteiger partial charge in [-0.25, -0.2) is 4.79 Å². The molecule has 1 aromatic heterocycles. The van der Waals surface area contributed by atoms with Crippen LogP contribution in [0, 0.1) is 6.92 Å². The number of aromatic nitrogens is 1. The lowest BCUT2D eigenvalue weighted by atomic mass is 10.1. The third-order valence-electron chi connectivity index (χ3n) is 3.80. The second kappa shape index (κ2) is 7.81. The molecular weight excluding hydrogens is 375 g/mol. The van der Waals surface area contributed by atoms with Gasteiger partial charge in [0.05, 0.1) is 0 Å². The van der Waals surface area contributed by atoms with Gasteiger partial charge in [0, 0.05) is 21.2 Å². The molecule has 0 aliphatic heterocycles. The lowest BCUT2D eigenvalue weighted by Gasteiger charge is -2.15. The minimum Gasteiger partial charge on any atom is -0.441 e. The summed E-state index contributed by atoms with van der Waals surface area (Å²) in [6.07, 6.45) is -1.15. The molecule has 134 valence electrons. The van der Waals surface area contributed by atoms with Crippen molar-refractivity contribution < 1.29 is 14.1 Å². The van der Waals surface area contributed by atoms with Crippen molar-refractivity contribution in [1.82, 2.24) is 5.16 Å². The molecule has 0 saturated heterocycles. The Hall–Kier alpha value is -2.50. The van der Waals surface area contributed by atoms with E-state index < -0.39 is 12.2 Å². The van der Waals surface area contributed by atoms with E-state index in [1.807, 2.05) is 24.3 Å². The molecule has 3 rings (SSSR count). The van der Waals surface area contributed by atoms with Gasteiger partial charge in [0.2, 0.25) is 0 Å². The van der Waals surface area contributed by atoms with E-state index in [9.17, 15) is 4.79 Å². The van der Waals surface area contributed by atoms with Gasteiger partial charge in [-0.15, -0.1) is 0 Å². The number of nitrogens with zero attached hydrogens (tertiary/aromatic N) is 1. The van der Waals surface area contributed by atoms with Crippen molar-refractivity contribution in [2.24, 2.45) is 0 Å². The van der Waals surface area contributed by atoms with Crippen molar-refractivity contribution >= 4 is 35.0 Å². The molecule has 1 atom stereocenters. The van der Waals surface area contributed by atoms with Crippen molar-refractivity contribution in [3.63, 3.8) is 0 Å². The summed E-state index contributed by atoms with van der Waals surface area (Å²) in [7, 11) is 0. The van der Waals surface area contributed by atoms with Crippen molar-refractivity contribution in [2.75, 3.05) is 5.32 Å². The van der Waals surface area contributed by atoms with E-state index in [0.29, 0.717) is 32.8 Å². The average Bonchev–Trinajstić information content (AvgIpc) is 2.96. The molecule has 26 heavy (non-hydrogen) atoms. The van der Waals surface area contributed by atoms with Crippen LogP contribution in [0.15, 0.2) is 53.1 Å². The summed E-state index contributed by atoms with van der Waals surface area (Å²) < 4.78 is 10.8. The number of nitrogens with one attached hydrogen (secondary N) is 1. The quantitative estimate of drug-likeness (QED) is 0.570. The van der Waals surface area contributed by atoms with Crippen LogP contribution in [0.25, 0.3) is 11.3 Å². The SMILES string of the molecule is Cc1noc(-c2cccc(Cl)c2)c1NC(=O)OC(C)c1ccccc1Cl. The van der Waals surface area contributed by atoms with Crippen LogP contribution in [0.2, 0.25) is 10.0 Å². The molecule has 5 nitrogen and oxygen atoms in total. The number of carbonyl (C=O) groups excluding carboxylic acids is 1. The molecule has 1 amide bonds. The number of aryl methyl sites for hydroxylation is 1. The number of benzene rings is 2. The van der Waals surface area contributed by atoms with Gasteiger partial charge in [-0.3, -0.25) is 5.32 Å². The third kappa shape index (κ3) is 4.00. The standard InChI is InChI=1S/C19H16Cl2N2O3/c1-11-17(18(26-23-11)13-6-5-7-14(20)10-13)22-19(24)25-12(2)15-8-3-4-9-16(15)21/h3-10,12H,1-2H3,(H,22,24). The summed E-state index contributed by atoms with van der Waals surface area (Å²) in [6.45, 7) is 3.48. The molecule has 1 N–H and O–H groups in total. The topological polar surface area (TPSA) is 64.4 Å². The average molecular weight is 391 g/mol. The molecule has 3 aromatic rings. The molecule has 0 aliphatic rings. The van der Waals surface area contributed by atoms with Crippen molar-refractivity contribution in [3.8, 4) is 11.3 Å². The number of ether oxygens (including phenoxy) is 1. The van der Waals surface area contributed by atoms with Gasteiger partial charge in [-0.1, -0.05) is 58.7 Å². The van der Waals surface area contributed by atoms with E-state index in [4.69, 9.17) is 32.5 Å². The summed E-state index contributed by atoms with van der Waals surface area (Å²) in [5.74, 6) is 0.410. The second-order valence-corrected chi connectivity index (χ2v) is 6.52. The van der Waals surface area contributed by atoms with Crippen LogP contribution in [0.5, 0.6) is 0 Å². The number of amides is 1. The van der Waals surface area contributed by atoms with Gasteiger partial charge >= 0.3 is 6.09 Å². The Morgan fingerprint density at radius 2 is 1.96 bits per heavy atom. The molecule has 0 bridgehead atoms. The van der Waals surface area contributed by atoms with Crippen LogP contribution >= 0.6 is 23.2 Å². The van der Waals surface area contributed by atoms with Crippen molar-refractivity contribution in [1.29, 1.82) is 0 Å². The summed E-state index contributed by atoms with van der Waals surface area (Å²) in [4.78, 5) is 12.3. The Kier molecular flexibility index (Phi) is 5.49. The minimum absolute atomic E-state index is 0.410. The number of rotatable bonds is 4. The Bertz CT molecular complexity index is 940. The van der Waals surface area contributed by atoms with Gasteiger partial charge in [-0.05, 0) is 32.0 Å².